The summed E-state index contributed by atoms with van der Waals surface area (Å²) < 4.78 is 5.58. The number of hydrogen-bond donors (Lipinski definition) is 2. The lowest BCUT2D eigenvalue weighted by Gasteiger charge is -2.13. The quantitative estimate of drug-likeness (QED) is 0.772. The Hall–Kier alpha value is -2.04. The van der Waals surface area contributed by atoms with Crippen molar-refractivity contribution in [2.75, 3.05) is 11.9 Å². The molecule has 0 aromatic heterocycles. The number of benzene rings is 1. The summed E-state index contributed by atoms with van der Waals surface area (Å²) in [5.74, 6) is 0.0666. The van der Waals surface area contributed by atoms with Crippen LogP contribution in [0.4, 0.5) is 5.69 Å². The van der Waals surface area contributed by atoms with Crippen molar-refractivity contribution < 1.29 is 19.4 Å². The van der Waals surface area contributed by atoms with E-state index < -0.39 is 5.97 Å². The topological polar surface area (TPSA) is 75.6 Å². The Kier molecular flexibility index (Phi) is 5.20. The first-order valence-electron chi connectivity index (χ1n) is 7.38. The lowest BCUT2D eigenvalue weighted by molar-refractivity contribution is -0.137. The van der Waals surface area contributed by atoms with Gasteiger partial charge in [0.15, 0.2) is 0 Å². The zero-order valence-corrected chi connectivity index (χ0v) is 12.2. The van der Waals surface area contributed by atoms with E-state index in [1.165, 1.54) is 0 Å². The average molecular weight is 291 g/mol. The van der Waals surface area contributed by atoms with Gasteiger partial charge in [-0.25, -0.2) is 0 Å². The molecular weight excluding hydrogens is 270 g/mol. The maximum absolute atomic E-state index is 11.8. The zero-order chi connectivity index (χ0) is 15.2. The van der Waals surface area contributed by atoms with Gasteiger partial charge in [-0.05, 0) is 50.3 Å². The Bertz CT molecular complexity index is 523. The second kappa shape index (κ2) is 7.11. The number of anilines is 1. The van der Waals surface area contributed by atoms with Crippen LogP contribution in [-0.2, 0) is 16.0 Å². The number of hydrogen-bond acceptors (Lipinski definition) is 3. The van der Waals surface area contributed by atoms with Crippen molar-refractivity contribution in [2.24, 2.45) is 5.92 Å². The molecule has 2 rings (SSSR count). The van der Waals surface area contributed by atoms with Crippen LogP contribution in [0, 0.1) is 5.92 Å². The first kappa shape index (κ1) is 15.4. The normalized spacial score (nSPS) is 13.8. The van der Waals surface area contributed by atoms with Gasteiger partial charge in [0.25, 0.3) is 0 Å². The molecular formula is C16H21NO4. The van der Waals surface area contributed by atoms with Gasteiger partial charge in [-0.1, -0.05) is 6.07 Å². The van der Waals surface area contributed by atoms with Gasteiger partial charge in [0.2, 0.25) is 5.91 Å². The Balaban J connectivity index is 2.02. The van der Waals surface area contributed by atoms with Gasteiger partial charge in [0.1, 0.15) is 5.75 Å². The first-order valence-corrected chi connectivity index (χ1v) is 7.38. The molecule has 0 unspecified atom stereocenters. The van der Waals surface area contributed by atoms with E-state index in [0.717, 1.165) is 18.4 Å². The van der Waals surface area contributed by atoms with Gasteiger partial charge in [0, 0.05) is 12.3 Å². The zero-order valence-electron chi connectivity index (χ0n) is 12.2. The summed E-state index contributed by atoms with van der Waals surface area (Å²) in [6.45, 7) is 2.41. The molecule has 1 amide bonds. The number of carboxylic acid groups (broad SMARTS) is 1. The molecule has 0 heterocycles. The van der Waals surface area contributed by atoms with E-state index in [2.05, 4.69) is 5.32 Å². The molecule has 1 aliphatic rings. The van der Waals surface area contributed by atoms with E-state index in [0.29, 0.717) is 30.9 Å². The number of carboxylic acids is 1. The number of rotatable bonds is 8. The third kappa shape index (κ3) is 4.77. The standard InChI is InChI=1S/C16H21NO4/c1-2-21-14-10-11(4-3-5-15(18)19)6-9-13(14)17-16(20)12-7-8-12/h6,9-10,12H,2-5,7-8H2,1H3,(H,17,20)(H,18,19). The fourth-order valence-electron chi connectivity index (χ4n) is 2.12. The number of nitrogens with one attached hydrogen (secondary N) is 1. The van der Waals surface area contributed by atoms with Crippen molar-refractivity contribution in [1.82, 2.24) is 0 Å². The molecule has 0 spiro atoms. The highest BCUT2D eigenvalue weighted by Crippen LogP contribution is 2.33. The number of carbonyl (C=O) groups excluding carboxylic acids is 1. The minimum absolute atomic E-state index is 0.0505. The monoisotopic (exact) mass is 291 g/mol. The van der Waals surface area contributed by atoms with Crippen molar-refractivity contribution in [3.05, 3.63) is 23.8 Å². The molecule has 1 saturated carbocycles. The van der Waals surface area contributed by atoms with Crippen LogP contribution in [0.2, 0.25) is 0 Å². The summed E-state index contributed by atoms with van der Waals surface area (Å²) >= 11 is 0. The van der Waals surface area contributed by atoms with Crippen molar-refractivity contribution >= 4 is 17.6 Å². The fraction of sp³-hybridized carbons (Fsp3) is 0.500. The van der Waals surface area contributed by atoms with Crippen LogP contribution >= 0.6 is 0 Å². The van der Waals surface area contributed by atoms with Gasteiger partial charge < -0.3 is 15.2 Å². The molecule has 1 aromatic carbocycles. The summed E-state index contributed by atoms with van der Waals surface area (Å²) in [5, 5.41) is 11.6. The van der Waals surface area contributed by atoms with Crippen LogP contribution in [-0.4, -0.2) is 23.6 Å². The Morgan fingerprint density at radius 3 is 2.76 bits per heavy atom. The Labute approximate surface area is 124 Å². The summed E-state index contributed by atoms with van der Waals surface area (Å²) in [6.07, 6.45) is 3.36. The maximum atomic E-state index is 11.8. The van der Waals surface area contributed by atoms with Gasteiger partial charge in [-0.15, -0.1) is 0 Å². The van der Waals surface area contributed by atoms with Crippen molar-refractivity contribution in [2.45, 2.75) is 39.0 Å². The predicted molar refractivity (Wildman–Crippen MR) is 79.5 cm³/mol. The summed E-state index contributed by atoms with van der Waals surface area (Å²) in [6, 6.07) is 5.63. The van der Waals surface area contributed by atoms with Gasteiger partial charge in [-0.2, -0.15) is 0 Å². The maximum Gasteiger partial charge on any atom is 0.303 e. The van der Waals surface area contributed by atoms with E-state index in [1.54, 1.807) is 0 Å². The van der Waals surface area contributed by atoms with Crippen LogP contribution in [0.5, 0.6) is 5.75 Å². The number of aliphatic carboxylic acids is 1. The molecule has 0 saturated heterocycles. The molecule has 21 heavy (non-hydrogen) atoms. The molecule has 114 valence electrons. The summed E-state index contributed by atoms with van der Waals surface area (Å²) in [7, 11) is 0. The van der Waals surface area contributed by atoms with E-state index in [1.807, 2.05) is 25.1 Å². The highest BCUT2D eigenvalue weighted by atomic mass is 16.5. The van der Waals surface area contributed by atoms with E-state index in [-0.39, 0.29) is 18.2 Å². The van der Waals surface area contributed by atoms with Crippen molar-refractivity contribution in [1.29, 1.82) is 0 Å². The lowest BCUT2D eigenvalue weighted by Crippen LogP contribution is -2.14. The highest BCUT2D eigenvalue weighted by Gasteiger charge is 2.30. The van der Waals surface area contributed by atoms with E-state index in [4.69, 9.17) is 9.84 Å². The van der Waals surface area contributed by atoms with Gasteiger partial charge in [0.05, 0.1) is 12.3 Å². The van der Waals surface area contributed by atoms with Crippen LogP contribution in [0.15, 0.2) is 18.2 Å². The molecule has 0 atom stereocenters. The molecule has 1 aliphatic carbocycles. The number of carbonyl (C=O) groups is 2. The molecule has 5 heteroatoms. The van der Waals surface area contributed by atoms with Crippen LogP contribution in [0.3, 0.4) is 0 Å². The third-order valence-electron chi connectivity index (χ3n) is 3.41. The SMILES string of the molecule is CCOc1cc(CCCC(=O)O)ccc1NC(=O)C1CC1. The lowest BCUT2D eigenvalue weighted by atomic mass is 10.1. The van der Waals surface area contributed by atoms with Crippen molar-refractivity contribution in [3.63, 3.8) is 0 Å². The molecule has 0 bridgehead atoms. The van der Waals surface area contributed by atoms with Crippen molar-refractivity contribution in [3.8, 4) is 5.75 Å². The second-order valence-electron chi connectivity index (χ2n) is 5.27. The van der Waals surface area contributed by atoms with Gasteiger partial charge in [-0.3, -0.25) is 9.59 Å². The van der Waals surface area contributed by atoms with Crippen LogP contribution in [0.1, 0.15) is 38.2 Å². The third-order valence-corrected chi connectivity index (χ3v) is 3.41. The van der Waals surface area contributed by atoms with Crippen LogP contribution < -0.4 is 10.1 Å². The number of amides is 1. The minimum atomic E-state index is -0.784. The Morgan fingerprint density at radius 2 is 2.14 bits per heavy atom. The molecule has 0 aliphatic heterocycles. The predicted octanol–water partition coefficient (Wildman–Crippen LogP) is 2.84. The molecule has 1 aromatic rings. The number of aryl methyl sites for hydroxylation is 1. The molecule has 0 radical (unpaired) electrons. The van der Waals surface area contributed by atoms with Crippen LogP contribution in [0.25, 0.3) is 0 Å². The molecule has 5 nitrogen and oxygen atoms in total. The second-order valence-corrected chi connectivity index (χ2v) is 5.27. The summed E-state index contributed by atoms with van der Waals surface area (Å²) in [5.41, 5.74) is 1.71. The molecule has 2 N–H and O–H groups in total. The minimum Gasteiger partial charge on any atom is -0.492 e. The molecule has 1 fully saturated rings. The Morgan fingerprint density at radius 1 is 1.38 bits per heavy atom. The summed E-state index contributed by atoms with van der Waals surface area (Å²) in [4.78, 5) is 22.4. The average Bonchev–Trinajstić information content (AvgIpc) is 3.26. The van der Waals surface area contributed by atoms with Gasteiger partial charge >= 0.3 is 5.97 Å². The fourth-order valence-corrected chi connectivity index (χ4v) is 2.12. The van der Waals surface area contributed by atoms with E-state index in [9.17, 15) is 9.59 Å². The highest BCUT2D eigenvalue weighted by molar-refractivity contribution is 5.95. The largest absolute Gasteiger partial charge is 0.492 e. The first-order chi connectivity index (χ1) is 10.1. The number of ether oxygens (including phenoxy) is 1. The van der Waals surface area contributed by atoms with E-state index >= 15 is 0 Å². The smallest absolute Gasteiger partial charge is 0.303 e.